The SMILES string of the molecule is N/C(=N/O)c1ccnc(Oc2cc(Br)ccc2F)n1. The predicted molar refractivity (Wildman–Crippen MR) is 68.7 cm³/mol. The first-order valence-electron chi connectivity index (χ1n) is 5.04. The molecule has 98 valence electrons. The molecule has 0 aliphatic heterocycles. The average molecular weight is 327 g/mol. The maximum Gasteiger partial charge on any atom is 0.322 e. The van der Waals surface area contributed by atoms with Gasteiger partial charge in [-0.3, -0.25) is 0 Å². The van der Waals surface area contributed by atoms with Gasteiger partial charge >= 0.3 is 6.01 Å². The summed E-state index contributed by atoms with van der Waals surface area (Å²) in [6, 6.07) is 5.54. The molecule has 0 bridgehead atoms. The Bertz CT molecular complexity index is 636. The minimum absolute atomic E-state index is 0.0361. The minimum atomic E-state index is -0.555. The second-order valence-electron chi connectivity index (χ2n) is 3.39. The summed E-state index contributed by atoms with van der Waals surface area (Å²) >= 11 is 3.20. The highest BCUT2D eigenvalue weighted by molar-refractivity contribution is 9.10. The van der Waals surface area contributed by atoms with E-state index in [1.165, 1.54) is 30.5 Å². The van der Waals surface area contributed by atoms with Gasteiger partial charge in [-0.1, -0.05) is 21.1 Å². The monoisotopic (exact) mass is 326 g/mol. The summed E-state index contributed by atoms with van der Waals surface area (Å²) in [6.45, 7) is 0. The number of halogens is 2. The van der Waals surface area contributed by atoms with E-state index in [0.717, 1.165) is 0 Å². The van der Waals surface area contributed by atoms with Crippen molar-refractivity contribution in [1.29, 1.82) is 0 Å². The molecule has 19 heavy (non-hydrogen) atoms. The summed E-state index contributed by atoms with van der Waals surface area (Å²) in [6.07, 6.45) is 1.35. The molecule has 8 heteroatoms. The van der Waals surface area contributed by atoms with Crippen molar-refractivity contribution in [1.82, 2.24) is 9.97 Å². The van der Waals surface area contributed by atoms with Crippen LogP contribution in [0.1, 0.15) is 5.69 Å². The van der Waals surface area contributed by atoms with E-state index in [1.807, 2.05) is 0 Å². The van der Waals surface area contributed by atoms with Crippen LogP contribution in [0, 0.1) is 5.82 Å². The van der Waals surface area contributed by atoms with Crippen molar-refractivity contribution in [2.45, 2.75) is 0 Å². The molecule has 0 fully saturated rings. The molecule has 0 unspecified atom stereocenters. The zero-order valence-electron chi connectivity index (χ0n) is 9.42. The largest absolute Gasteiger partial charge is 0.421 e. The molecule has 6 nitrogen and oxygen atoms in total. The Morgan fingerprint density at radius 2 is 2.21 bits per heavy atom. The molecule has 0 spiro atoms. The summed E-state index contributed by atoms with van der Waals surface area (Å²) in [5.74, 6) is -0.783. The topological polar surface area (TPSA) is 93.6 Å². The van der Waals surface area contributed by atoms with E-state index in [4.69, 9.17) is 15.7 Å². The summed E-state index contributed by atoms with van der Waals surface area (Å²) in [4.78, 5) is 7.69. The lowest BCUT2D eigenvalue weighted by Gasteiger charge is -2.06. The lowest BCUT2D eigenvalue weighted by molar-refractivity contribution is 0.318. The first-order chi connectivity index (χ1) is 9.10. The zero-order chi connectivity index (χ0) is 13.8. The third-order valence-electron chi connectivity index (χ3n) is 2.10. The van der Waals surface area contributed by atoms with Crippen LogP contribution in [-0.2, 0) is 0 Å². The Morgan fingerprint density at radius 3 is 2.95 bits per heavy atom. The van der Waals surface area contributed by atoms with Gasteiger partial charge < -0.3 is 15.7 Å². The van der Waals surface area contributed by atoms with Crippen molar-refractivity contribution in [3.05, 3.63) is 46.4 Å². The molecule has 1 heterocycles. The number of hydrogen-bond acceptors (Lipinski definition) is 5. The van der Waals surface area contributed by atoms with Crippen LogP contribution < -0.4 is 10.5 Å². The summed E-state index contributed by atoms with van der Waals surface area (Å²) in [7, 11) is 0. The summed E-state index contributed by atoms with van der Waals surface area (Å²) in [5, 5.41) is 11.4. The molecule has 1 aromatic carbocycles. The van der Waals surface area contributed by atoms with Crippen LogP contribution in [0.2, 0.25) is 0 Å². The Morgan fingerprint density at radius 1 is 1.42 bits per heavy atom. The number of benzene rings is 1. The second kappa shape index (κ2) is 5.61. The molecular formula is C11H8BrFN4O2. The molecule has 2 aromatic rings. The number of rotatable bonds is 3. The van der Waals surface area contributed by atoms with Gasteiger partial charge in [0.15, 0.2) is 17.4 Å². The van der Waals surface area contributed by atoms with Crippen LogP contribution in [0.15, 0.2) is 40.1 Å². The van der Waals surface area contributed by atoms with Gasteiger partial charge in [-0.15, -0.1) is 0 Å². The molecule has 0 radical (unpaired) electrons. The third kappa shape index (κ3) is 3.16. The van der Waals surface area contributed by atoms with Crippen LogP contribution >= 0.6 is 15.9 Å². The van der Waals surface area contributed by atoms with Gasteiger partial charge in [-0.25, -0.2) is 9.37 Å². The summed E-state index contributed by atoms with van der Waals surface area (Å²) < 4.78 is 19.3. The normalized spacial score (nSPS) is 11.4. The lowest BCUT2D eigenvalue weighted by Crippen LogP contribution is -2.15. The van der Waals surface area contributed by atoms with E-state index in [2.05, 4.69) is 31.1 Å². The van der Waals surface area contributed by atoms with Crippen LogP contribution in [0.25, 0.3) is 0 Å². The van der Waals surface area contributed by atoms with Crippen LogP contribution in [0.4, 0.5) is 4.39 Å². The molecule has 1 aromatic heterocycles. The van der Waals surface area contributed by atoms with Gasteiger partial charge in [0.1, 0.15) is 5.69 Å². The molecule has 0 saturated carbocycles. The zero-order valence-corrected chi connectivity index (χ0v) is 11.0. The van der Waals surface area contributed by atoms with Crippen molar-refractivity contribution >= 4 is 21.8 Å². The lowest BCUT2D eigenvalue weighted by atomic mass is 10.3. The predicted octanol–water partition coefficient (Wildman–Crippen LogP) is 2.27. The van der Waals surface area contributed by atoms with Crippen molar-refractivity contribution in [2.75, 3.05) is 0 Å². The van der Waals surface area contributed by atoms with Gasteiger partial charge in [0, 0.05) is 10.7 Å². The molecule has 0 atom stereocenters. The smallest absolute Gasteiger partial charge is 0.322 e. The standard InChI is InChI=1S/C11H8BrFN4O2/c12-6-1-2-7(13)9(5-6)19-11-15-4-3-8(16-11)10(14)17-18/h1-5,18H,(H2,14,17). The highest BCUT2D eigenvalue weighted by Gasteiger charge is 2.09. The number of nitrogens with zero attached hydrogens (tertiary/aromatic N) is 3. The molecule has 0 aliphatic carbocycles. The first-order valence-corrected chi connectivity index (χ1v) is 5.83. The summed E-state index contributed by atoms with van der Waals surface area (Å²) in [5.41, 5.74) is 5.55. The Labute approximate surface area is 115 Å². The number of ether oxygens (including phenoxy) is 1. The van der Waals surface area contributed by atoms with Crippen molar-refractivity contribution in [2.24, 2.45) is 10.9 Å². The van der Waals surface area contributed by atoms with E-state index in [9.17, 15) is 4.39 Å². The fourth-order valence-electron chi connectivity index (χ4n) is 1.24. The highest BCUT2D eigenvalue weighted by atomic mass is 79.9. The number of oxime groups is 1. The molecular weight excluding hydrogens is 319 g/mol. The Balaban J connectivity index is 2.31. The van der Waals surface area contributed by atoms with Gasteiger partial charge in [-0.05, 0) is 24.3 Å². The Kier molecular flexibility index (Phi) is 3.91. The number of nitrogens with two attached hydrogens (primary N) is 1. The average Bonchev–Trinajstić information content (AvgIpc) is 2.42. The number of aromatic nitrogens is 2. The molecule has 3 N–H and O–H groups in total. The van der Waals surface area contributed by atoms with Crippen LogP contribution in [0.5, 0.6) is 11.8 Å². The fraction of sp³-hybridized carbons (Fsp3) is 0. The van der Waals surface area contributed by atoms with Gasteiger partial charge in [0.2, 0.25) is 0 Å². The van der Waals surface area contributed by atoms with Crippen LogP contribution in [0.3, 0.4) is 0 Å². The van der Waals surface area contributed by atoms with Crippen molar-refractivity contribution < 1.29 is 14.3 Å². The van der Waals surface area contributed by atoms with Crippen molar-refractivity contribution in [3.8, 4) is 11.8 Å². The van der Waals surface area contributed by atoms with Gasteiger partial charge in [0.25, 0.3) is 0 Å². The fourth-order valence-corrected chi connectivity index (χ4v) is 1.58. The van der Waals surface area contributed by atoms with E-state index >= 15 is 0 Å². The quantitative estimate of drug-likeness (QED) is 0.390. The minimum Gasteiger partial charge on any atom is -0.421 e. The van der Waals surface area contributed by atoms with E-state index in [-0.39, 0.29) is 23.3 Å². The first kappa shape index (κ1) is 13.2. The third-order valence-corrected chi connectivity index (χ3v) is 2.59. The van der Waals surface area contributed by atoms with Crippen molar-refractivity contribution in [3.63, 3.8) is 0 Å². The maximum absolute atomic E-state index is 13.5. The highest BCUT2D eigenvalue weighted by Crippen LogP contribution is 2.25. The molecule has 0 saturated heterocycles. The molecule has 0 aliphatic rings. The Hall–Kier alpha value is -2.22. The molecule has 2 rings (SSSR count). The van der Waals surface area contributed by atoms with Gasteiger partial charge in [0.05, 0.1) is 0 Å². The number of amidine groups is 1. The van der Waals surface area contributed by atoms with E-state index < -0.39 is 5.82 Å². The molecule has 0 amide bonds. The number of hydrogen-bond donors (Lipinski definition) is 2. The van der Waals surface area contributed by atoms with E-state index in [1.54, 1.807) is 0 Å². The maximum atomic E-state index is 13.5. The van der Waals surface area contributed by atoms with Gasteiger partial charge in [-0.2, -0.15) is 4.98 Å². The second-order valence-corrected chi connectivity index (χ2v) is 4.30. The van der Waals surface area contributed by atoms with E-state index in [0.29, 0.717) is 4.47 Å². The van der Waals surface area contributed by atoms with Crippen LogP contribution in [-0.4, -0.2) is 21.0 Å².